The number of rotatable bonds is 3. The summed E-state index contributed by atoms with van der Waals surface area (Å²) >= 11 is 0. The first kappa shape index (κ1) is 18.1. The van der Waals surface area contributed by atoms with E-state index < -0.39 is 0 Å². The molecular weight excluding hydrogens is 308 g/mol. The molecule has 132 valence electrons. The van der Waals surface area contributed by atoms with Crippen LogP contribution >= 0.6 is 0 Å². The fourth-order valence-electron chi connectivity index (χ4n) is 3.18. The smallest absolute Gasteiger partial charge is 0.409 e. The van der Waals surface area contributed by atoms with Crippen molar-refractivity contribution in [1.82, 2.24) is 9.80 Å². The molecule has 0 saturated carbocycles. The van der Waals surface area contributed by atoms with E-state index in [0.717, 1.165) is 28.0 Å². The summed E-state index contributed by atoms with van der Waals surface area (Å²) in [6, 6.07) is 2.03. The lowest BCUT2D eigenvalue weighted by Gasteiger charge is -2.34. The largest absolute Gasteiger partial charge is 0.496 e. The van der Waals surface area contributed by atoms with Gasteiger partial charge in [-0.05, 0) is 43.0 Å². The number of ether oxygens (including phenoxy) is 2. The Bertz CT molecular complexity index is 634. The highest BCUT2D eigenvalue weighted by atomic mass is 16.5. The van der Waals surface area contributed by atoms with Gasteiger partial charge in [-0.2, -0.15) is 0 Å². The zero-order valence-corrected chi connectivity index (χ0v) is 15.1. The number of nitrogens with zero attached hydrogens (tertiary/aromatic N) is 2. The van der Waals surface area contributed by atoms with Crippen molar-refractivity contribution in [3.63, 3.8) is 0 Å². The number of benzene rings is 1. The van der Waals surface area contributed by atoms with Crippen molar-refractivity contribution in [2.45, 2.75) is 27.2 Å². The van der Waals surface area contributed by atoms with Crippen LogP contribution in [0.25, 0.3) is 0 Å². The molecule has 1 fully saturated rings. The molecule has 0 spiro atoms. The van der Waals surface area contributed by atoms with Gasteiger partial charge in [0.05, 0.1) is 20.6 Å². The van der Waals surface area contributed by atoms with Crippen molar-refractivity contribution in [3.8, 4) is 5.75 Å². The second-order valence-corrected chi connectivity index (χ2v) is 6.15. The Balaban J connectivity index is 2.05. The van der Waals surface area contributed by atoms with Crippen LogP contribution < -0.4 is 4.74 Å². The summed E-state index contributed by atoms with van der Waals surface area (Å²) in [5.74, 6) is 0.974. The molecule has 0 aromatic heterocycles. The average molecular weight is 334 g/mol. The van der Waals surface area contributed by atoms with Gasteiger partial charge in [0.15, 0.2) is 0 Å². The Morgan fingerprint density at radius 2 is 1.58 bits per heavy atom. The van der Waals surface area contributed by atoms with E-state index in [0.29, 0.717) is 32.6 Å². The minimum Gasteiger partial charge on any atom is -0.496 e. The molecule has 6 heteroatoms. The number of carbonyl (C=O) groups is 2. The van der Waals surface area contributed by atoms with Gasteiger partial charge in [0, 0.05) is 26.2 Å². The molecule has 1 saturated heterocycles. The highest BCUT2D eigenvalue weighted by Crippen LogP contribution is 2.29. The molecule has 1 heterocycles. The summed E-state index contributed by atoms with van der Waals surface area (Å²) in [6.45, 7) is 8.14. The van der Waals surface area contributed by atoms with Crippen LogP contribution in [0.4, 0.5) is 4.79 Å². The van der Waals surface area contributed by atoms with Gasteiger partial charge in [0.25, 0.3) is 0 Å². The van der Waals surface area contributed by atoms with Crippen LogP contribution in [-0.4, -0.2) is 62.2 Å². The maximum atomic E-state index is 12.6. The van der Waals surface area contributed by atoms with Gasteiger partial charge in [0.1, 0.15) is 5.75 Å². The molecule has 1 aromatic rings. The second kappa shape index (κ2) is 7.55. The normalized spacial score (nSPS) is 14.5. The van der Waals surface area contributed by atoms with Gasteiger partial charge >= 0.3 is 6.09 Å². The zero-order chi connectivity index (χ0) is 17.9. The van der Waals surface area contributed by atoms with Crippen molar-refractivity contribution in [2.75, 3.05) is 40.4 Å². The molecule has 0 atom stereocenters. The molecule has 0 radical (unpaired) electrons. The first-order valence-corrected chi connectivity index (χ1v) is 8.13. The van der Waals surface area contributed by atoms with Gasteiger partial charge in [-0.1, -0.05) is 6.07 Å². The predicted molar refractivity (Wildman–Crippen MR) is 91.5 cm³/mol. The average Bonchev–Trinajstić information content (AvgIpc) is 2.59. The summed E-state index contributed by atoms with van der Waals surface area (Å²) < 4.78 is 10.1. The number of hydrogen-bond donors (Lipinski definition) is 0. The van der Waals surface area contributed by atoms with Gasteiger partial charge in [-0.3, -0.25) is 4.79 Å². The molecule has 0 unspecified atom stereocenters. The van der Waals surface area contributed by atoms with E-state index in [1.54, 1.807) is 12.0 Å². The monoisotopic (exact) mass is 334 g/mol. The Labute approximate surface area is 143 Å². The SMILES string of the molecule is COC(=O)N1CCN(C(=O)Cc2cc(C)c(OC)c(C)c2C)CC1. The van der Waals surface area contributed by atoms with Crippen LogP contribution in [0.3, 0.4) is 0 Å². The maximum Gasteiger partial charge on any atom is 0.409 e. The molecule has 1 aliphatic rings. The highest BCUT2D eigenvalue weighted by Gasteiger charge is 2.25. The van der Waals surface area contributed by atoms with E-state index in [-0.39, 0.29) is 12.0 Å². The van der Waals surface area contributed by atoms with Gasteiger partial charge in [0.2, 0.25) is 5.91 Å². The van der Waals surface area contributed by atoms with Gasteiger partial charge in [-0.15, -0.1) is 0 Å². The minimum atomic E-state index is -0.334. The third-order valence-corrected chi connectivity index (χ3v) is 4.74. The first-order chi connectivity index (χ1) is 11.4. The molecule has 0 N–H and O–H groups in total. The second-order valence-electron chi connectivity index (χ2n) is 6.15. The zero-order valence-electron chi connectivity index (χ0n) is 15.1. The molecule has 6 nitrogen and oxygen atoms in total. The Morgan fingerprint density at radius 1 is 1.00 bits per heavy atom. The van der Waals surface area contributed by atoms with Crippen LogP contribution in [0, 0.1) is 20.8 Å². The van der Waals surface area contributed by atoms with Crippen molar-refractivity contribution >= 4 is 12.0 Å². The third-order valence-electron chi connectivity index (χ3n) is 4.74. The Kier molecular flexibility index (Phi) is 5.70. The van der Waals surface area contributed by atoms with E-state index in [1.807, 2.05) is 31.7 Å². The molecule has 1 aromatic carbocycles. The summed E-state index contributed by atoms with van der Waals surface area (Å²) in [4.78, 5) is 27.5. The first-order valence-electron chi connectivity index (χ1n) is 8.13. The Morgan fingerprint density at radius 3 is 2.12 bits per heavy atom. The van der Waals surface area contributed by atoms with Crippen LogP contribution in [-0.2, 0) is 16.0 Å². The number of carbonyl (C=O) groups excluding carboxylic acids is 2. The molecular formula is C18H26N2O4. The fraction of sp³-hybridized carbons (Fsp3) is 0.556. The molecule has 2 rings (SSSR count). The summed E-state index contributed by atoms with van der Waals surface area (Å²) in [6.07, 6.45) is 0.0368. The standard InChI is InChI=1S/C18H26N2O4/c1-12-10-15(13(2)14(3)17(12)23-4)11-16(21)19-6-8-20(9-7-19)18(22)24-5/h10H,6-9,11H2,1-5H3. The van der Waals surface area contributed by atoms with Crippen LogP contribution in [0.1, 0.15) is 22.3 Å². The molecule has 0 bridgehead atoms. The fourth-order valence-corrected chi connectivity index (χ4v) is 3.18. The van der Waals surface area contributed by atoms with Crippen LogP contribution in [0.2, 0.25) is 0 Å². The van der Waals surface area contributed by atoms with E-state index in [2.05, 4.69) is 0 Å². The maximum absolute atomic E-state index is 12.6. The number of methoxy groups -OCH3 is 2. The number of amides is 2. The number of hydrogen-bond acceptors (Lipinski definition) is 4. The lowest BCUT2D eigenvalue weighted by molar-refractivity contribution is -0.132. The lowest BCUT2D eigenvalue weighted by atomic mass is 9.96. The predicted octanol–water partition coefficient (Wildman–Crippen LogP) is 2.07. The van der Waals surface area contributed by atoms with Crippen molar-refractivity contribution in [1.29, 1.82) is 0 Å². The topological polar surface area (TPSA) is 59.1 Å². The van der Waals surface area contributed by atoms with E-state index in [9.17, 15) is 9.59 Å². The van der Waals surface area contributed by atoms with Crippen molar-refractivity contribution < 1.29 is 19.1 Å². The highest BCUT2D eigenvalue weighted by molar-refractivity contribution is 5.80. The van der Waals surface area contributed by atoms with Crippen LogP contribution in [0.15, 0.2) is 6.07 Å². The number of piperazine rings is 1. The van der Waals surface area contributed by atoms with Gasteiger partial charge < -0.3 is 19.3 Å². The third kappa shape index (κ3) is 3.63. The molecule has 24 heavy (non-hydrogen) atoms. The molecule has 1 aliphatic heterocycles. The van der Waals surface area contributed by atoms with Crippen molar-refractivity contribution in [2.24, 2.45) is 0 Å². The Hall–Kier alpha value is -2.24. The lowest BCUT2D eigenvalue weighted by Crippen LogP contribution is -2.51. The van der Waals surface area contributed by atoms with Gasteiger partial charge in [-0.25, -0.2) is 4.79 Å². The number of aryl methyl sites for hydroxylation is 1. The van der Waals surface area contributed by atoms with E-state index in [4.69, 9.17) is 9.47 Å². The van der Waals surface area contributed by atoms with Crippen LogP contribution in [0.5, 0.6) is 5.75 Å². The molecule has 2 amide bonds. The quantitative estimate of drug-likeness (QED) is 0.849. The van der Waals surface area contributed by atoms with Crippen molar-refractivity contribution in [3.05, 3.63) is 28.3 Å². The van der Waals surface area contributed by atoms with E-state index in [1.165, 1.54) is 7.11 Å². The minimum absolute atomic E-state index is 0.0894. The summed E-state index contributed by atoms with van der Waals surface area (Å²) in [7, 11) is 3.04. The summed E-state index contributed by atoms with van der Waals surface area (Å²) in [5, 5.41) is 0. The summed E-state index contributed by atoms with van der Waals surface area (Å²) in [5.41, 5.74) is 4.25. The molecule has 0 aliphatic carbocycles. The van der Waals surface area contributed by atoms with E-state index >= 15 is 0 Å².